The molecule has 8 heteroatoms. The molecule has 0 saturated heterocycles. The van der Waals surface area contributed by atoms with Crippen LogP contribution in [0.3, 0.4) is 0 Å². The van der Waals surface area contributed by atoms with Crippen molar-refractivity contribution in [3.63, 3.8) is 0 Å². The molecule has 0 aromatic rings. The summed E-state index contributed by atoms with van der Waals surface area (Å²) in [6, 6.07) is 1.18. The van der Waals surface area contributed by atoms with E-state index in [4.69, 9.17) is 15.4 Å². The molecule has 134 valence electrons. The average molecular weight is 375 g/mol. The number of hydrogen-bond acceptors (Lipinski definition) is 4. The van der Waals surface area contributed by atoms with Gasteiger partial charge in [-0.1, -0.05) is 5.11 Å². The van der Waals surface area contributed by atoms with E-state index in [9.17, 15) is 0 Å². The molecule has 1 rings (SSSR count). The molecular weight excluding hydrogens is 340 g/mol. The zero-order valence-electron chi connectivity index (χ0n) is 15.3. The molecule has 0 spiro atoms. The molecule has 0 aromatic heterocycles. The third kappa shape index (κ3) is 9.17. The Bertz CT molecular complexity index is 395. The molecule has 0 bridgehead atoms. The number of nitrogens with zero attached hydrogens (tertiary/aromatic N) is 3. The maximum Gasteiger partial charge on any atom is 0.183 e. The third-order valence-corrected chi connectivity index (χ3v) is 14.8. The molecule has 2 N–H and O–H groups in total. The fourth-order valence-electron chi connectivity index (χ4n) is 3.31. The van der Waals surface area contributed by atoms with Gasteiger partial charge in [0.25, 0.3) is 0 Å². The summed E-state index contributed by atoms with van der Waals surface area (Å²) in [4.78, 5) is 2.88. The highest BCUT2D eigenvalue weighted by molar-refractivity contribution is 8.01. The molecule has 0 heterocycles. The SMILES string of the molecule is C[Si](C)(CCCN)O[Si](C)(C)CSC1CCC(CN=[N+]=[N-])CC1. The van der Waals surface area contributed by atoms with Crippen LogP contribution in [0.1, 0.15) is 32.1 Å². The van der Waals surface area contributed by atoms with Gasteiger partial charge in [0.15, 0.2) is 16.6 Å². The van der Waals surface area contributed by atoms with Crippen LogP contribution < -0.4 is 5.73 Å². The van der Waals surface area contributed by atoms with E-state index in [0.717, 1.165) is 18.2 Å². The molecule has 1 fully saturated rings. The van der Waals surface area contributed by atoms with Gasteiger partial charge >= 0.3 is 0 Å². The molecule has 23 heavy (non-hydrogen) atoms. The smallest absolute Gasteiger partial charge is 0.183 e. The quantitative estimate of drug-likeness (QED) is 0.255. The minimum absolute atomic E-state index is 0.604. The van der Waals surface area contributed by atoms with E-state index >= 15 is 0 Å². The Balaban J connectivity index is 2.32. The van der Waals surface area contributed by atoms with Crippen LogP contribution in [-0.2, 0) is 4.12 Å². The van der Waals surface area contributed by atoms with Gasteiger partial charge in [-0.25, -0.2) is 0 Å². The number of hydrogen-bond donors (Lipinski definition) is 1. The van der Waals surface area contributed by atoms with Crippen LogP contribution >= 0.6 is 11.8 Å². The van der Waals surface area contributed by atoms with E-state index in [2.05, 4.69) is 48.0 Å². The predicted molar refractivity (Wildman–Crippen MR) is 107 cm³/mol. The van der Waals surface area contributed by atoms with Gasteiger partial charge in [0, 0.05) is 22.1 Å². The molecule has 0 unspecified atom stereocenters. The Kier molecular flexibility index (Phi) is 9.25. The maximum atomic E-state index is 8.41. The summed E-state index contributed by atoms with van der Waals surface area (Å²) in [5, 5.41) is 5.68. The largest absolute Gasteiger partial charge is 0.455 e. The average Bonchev–Trinajstić information content (AvgIpc) is 2.49. The zero-order valence-corrected chi connectivity index (χ0v) is 18.1. The van der Waals surface area contributed by atoms with Crippen LogP contribution in [0, 0.1) is 5.92 Å². The van der Waals surface area contributed by atoms with Gasteiger partial charge in [-0.2, -0.15) is 11.8 Å². The van der Waals surface area contributed by atoms with E-state index < -0.39 is 16.6 Å². The van der Waals surface area contributed by atoms with Crippen molar-refractivity contribution in [2.45, 2.75) is 69.6 Å². The van der Waals surface area contributed by atoms with Crippen LogP contribution in [0.2, 0.25) is 32.2 Å². The normalized spacial score (nSPS) is 22.7. The van der Waals surface area contributed by atoms with Crippen LogP contribution in [0.15, 0.2) is 5.11 Å². The van der Waals surface area contributed by atoms with Gasteiger partial charge in [0.1, 0.15) is 0 Å². The van der Waals surface area contributed by atoms with Crippen LogP contribution in [0.5, 0.6) is 0 Å². The van der Waals surface area contributed by atoms with Crippen molar-refractivity contribution in [1.82, 2.24) is 0 Å². The first-order valence-corrected chi connectivity index (χ1v) is 16.1. The van der Waals surface area contributed by atoms with Crippen molar-refractivity contribution in [3.05, 3.63) is 10.4 Å². The van der Waals surface area contributed by atoms with E-state index in [0.29, 0.717) is 12.5 Å². The van der Waals surface area contributed by atoms with E-state index in [1.807, 2.05) is 0 Å². The second-order valence-electron chi connectivity index (χ2n) is 7.88. The highest BCUT2D eigenvalue weighted by Crippen LogP contribution is 2.34. The van der Waals surface area contributed by atoms with Crippen molar-refractivity contribution < 1.29 is 4.12 Å². The summed E-state index contributed by atoms with van der Waals surface area (Å²) in [7, 11) is -3.14. The molecule has 5 nitrogen and oxygen atoms in total. The molecule has 1 aliphatic carbocycles. The number of thioether (sulfide) groups is 1. The molecule has 0 aliphatic heterocycles. The highest BCUT2D eigenvalue weighted by atomic mass is 32.2. The Morgan fingerprint density at radius 3 is 2.39 bits per heavy atom. The molecule has 0 atom stereocenters. The van der Waals surface area contributed by atoms with Gasteiger partial charge in [-0.05, 0) is 82.3 Å². The second-order valence-corrected chi connectivity index (χ2v) is 18.4. The van der Waals surface area contributed by atoms with E-state index in [1.54, 1.807) is 0 Å². The standard InChI is InChI=1S/C15H34N4OSSi2/c1-22(2,11-5-10-16)20-23(3,4)13-21-15-8-6-14(7-9-15)12-18-19-17/h14-15H,5-13,16H2,1-4H3. The van der Waals surface area contributed by atoms with Gasteiger partial charge in [0.05, 0.1) is 0 Å². The summed E-state index contributed by atoms with van der Waals surface area (Å²) in [6.07, 6.45) is 6.02. The first kappa shape index (κ1) is 21.1. The second kappa shape index (κ2) is 10.1. The molecule has 1 saturated carbocycles. The number of azide groups is 1. The lowest BCUT2D eigenvalue weighted by Gasteiger charge is -2.35. The lowest BCUT2D eigenvalue weighted by molar-refractivity contribution is 0.373. The summed E-state index contributed by atoms with van der Waals surface area (Å²) in [5.74, 6) is 0.604. The maximum absolute atomic E-state index is 8.41. The van der Waals surface area contributed by atoms with Crippen molar-refractivity contribution in [1.29, 1.82) is 0 Å². The summed E-state index contributed by atoms with van der Waals surface area (Å²) < 4.78 is 6.64. The lowest BCUT2D eigenvalue weighted by Crippen LogP contribution is -2.46. The first-order valence-electron chi connectivity index (χ1n) is 8.81. The van der Waals surface area contributed by atoms with Crippen molar-refractivity contribution >= 4 is 28.4 Å². The Hall–Kier alpha value is 0.0138. The van der Waals surface area contributed by atoms with Crippen LogP contribution in [0.4, 0.5) is 0 Å². The minimum atomic E-state index is -1.59. The molecule has 0 aromatic carbocycles. The highest BCUT2D eigenvalue weighted by Gasteiger charge is 2.33. The minimum Gasteiger partial charge on any atom is -0.455 e. The topological polar surface area (TPSA) is 84.0 Å². The Labute approximate surface area is 148 Å². The van der Waals surface area contributed by atoms with E-state index in [-0.39, 0.29) is 0 Å². The molecule has 0 radical (unpaired) electrons. The predicted octanol–water partition coefficient (Wildman–Crippen LogP) is 4.90. The summed E-state index contributed by atoms with van der Waals surface area (Å²) in [5.41, 5.74) is 14.1. The number of nitrogens with two attached hydrogens (primary N) is 1. The van der Waals surface area contributed by atoms with Gasteiger partial charge in [-0.3, -0.25) is 0 Å². The number of rotatable bonds is 10. The molecular formula is C15H34N4OSSi2. The summed E-state index contributed by atoms with van der Waals surface area (Å²) >= 11 is 2.13. The Morgan fingerprint density at radius 1 is 1.17 bits per heavy atom. The Morgan fingerprint density at radius 2 is 1.83 bits per heavy atom. The third-order valence-electron chi connectivity index (χ3n) is 4.40. The van der Waals surface area contributed by atoms with Crippen LogP contribution in [-0.4, -0.2) is 40.4 Å². The lowest BCUT2D eigenvalue weighted by atomic mass is 9.89. The fourth-order valence-corrected chi connectivity index (χ4v) is 14.7. The van der Waals surface area contributed by atoms with Gasteiger partial charge in [-0.15, -0.1) is 0 Å². The molecule has 0 amide bonds. The monoisotopic (exact) mass is 374 g/mol. The van der Waals surface area contributed by atoms with Crippen LogP contribution in [0.25, 0.3) is 10.4 Å². The molecule has 1 aliphatic rings. The van der Waals surface area contributed by atoms with E-state index in [1.165, 1.54) is 37.1 Å². The van der Waals surface area contributed by atoms with Crippen molar-refractivity contribution in [2.24, 2.45) is 16.8 Å². The van der Waals surface area contributed by atoms with Crippen molar-refractivity contribution in [2.75, 3.05) is 18.5 Å². The first-order chi connectivity index (χ1) is 10.8. The fraction of sp³-hybridized carbons (Fsp3) is 1.00. The van der Waals surface area contributed by atoms with Gasteiger partial charge < -0.3 is 9.85 Å². The van der Waals surface area contributed by atoms with Gasteiger partial charge in [0.2, 0.25) is 0 Å². The van der Waals surface area contributed by atoms with Crippen molar-refractivity contribution in [3.8, 4) is 0 Å². The summed E-state index contributed by atoms with van der Waals surface area (Å²) in [6.45, 7) is 10.9. The zero-order chi connectivity index (χ0) is 17.3.